The third kappa shape index (κ3) is 3.97. The molecule has 6 heteroatoms. The second-order valence-electron chi connectivity index (χ2n) is 5.93. The molecule has 0 unspecified atom stereocenters. The molecule has 26 heavy (non-hydrogen) atoms. The molecule has 3 rings (SSSR count). The summed E-state index contributed by atoms with van der Waals surface area (Å²) in [6, 6.07) is 13.8. The molecular formula is C20H20FN3O2. The maximum absolute atomic E-state index is 13.2. The van der Waals surface area contributed by atoms with Crippen LogP contribution in [0.15, 0.2) is 54.7 Å². The van der Waals surface area contributed by atoms with Crippen molar-refractivity contribution >= 4 is 5.91 Å². The number of aromatic nitrogens is 2. The molecule has 0 saturated carbocycles. The number of rotatable bonds is 6. The number of hydrogen-bond donors (Lipinski definition) is 1. The zero-order valence-electron chi connectivity index (χ0n) is 14.7. The molecule has 0 atom stereocenters. The molecule has 2 aromatic carbocycles. The number of hydrogen-bond acceptors (Lipinski definition) is 3. The lowest BCUT2D eigenvalue weighted by Crippen LogP contribution is -2.27. The maximum atomic E-state index is 13.2. The monoisotopic (exact) mass is 353 g/mol. The third-order valence-electron chi connectivity index (χ3n) is 3.97. The number of nitrogens with zero attached hydrogens (tertiary/aromatic N) is 2. The highest BCUT2D eigenvalue weighted by Crippen LogP contribution is 2.24. The Morgan fingerprint density at radius 1 is 1.15 bits per heavy atom. The maximum Gasteiger partial charge on any atom is 0.255 e. The summed E-state index contributed by atoms with van der Waals surface area (Å²) in [6.07, 6.45) is 1.66. The summed E-state index contributed by atoms with van der Waals surface area (Å²) >= 11 is 0. The number of carbonyl (C=O) groups is 1. The molecule has 1 heterocycles. The first-order valence-electron chi connectivity index (χ1n) is 8.28. The smallest absolute Gasteiger partial charge is 0.255 e. The molecule has 0 fully saturated rings. The van der Waals surface area contributed by atoms with E-state index in [0.29, 0.717) is 30.1 Å². The van der Waals surface area contributed by atoms with Crippen LogP contribution in [0.2, 0.25) is 0 Å². The van der Waals surface area contributed by atoms with Crippen LogP contribution in [0, 0.1) is 12.7 Å². The van der Waals surface area contributed by atoms with Gasteiger partial charge >= 0.3 is 0 Å². The Morgan fingerprint density at radius 2 is 1.85 bits per heavy atom. The minimum Gasteiger partial charge on any atom is -0.383 e. The predicted molar refractivity (Wildman–Crippen MR) is 97.9 cm³/mol. The van der Waals surface area contributed by atoms with Crippen molar-refractivity contribution in [2.75, 3.05) is 20.3 Å². The number of aryl methyl sites for hydroxylation is 1. The summed E-state index contributed by atoms with van der Waals surface area (Å²) < 4.78 is 19.7. The Kier molecular flexibility index (Phi) is 5.43. The molecule has 0 aliphatic rings. The first-order valence-corrected chi connectivity index (χ1v) is 8.28. The van der Waals surface area contributed by atoms with E-state index in [0.717, 1.165) is 11.1 Å². The van der Waals surface area contributed by atoms with Gasteiger partial charge in [-0.25, -0.2) is 9.07 Å². The summed E-state index contributed by atoms with van der Waals surface area (Å²) in [7, 11) is 1.58. The van der Waals surface area contributed by atoms with Gasteiger partial charge in [-0.2, -0.15) is 5.10 Å². The first kappa shape index (κ1) is 17.8. The molecule has 0 bridgehead atoms. The van der Waals surface area contributed by atoms with E-state index in [9.17, 15) is 9.18 Å². The van der Waals surface area contributed by atoms with Crippen molar-refractivity contribution in [1.29, 1.82) is 0 Å². The number of benzene rings is 2. The molecule has 0 aliphatic heterocycles. The largest absolute Gasteiger partial charge is 0.383 e. The minimum absolute atomic E-state index is 0.231. The van der Waals surface area contributed by atoms with Gasteiger partial charge in [-0.3, -0.25) is 4.79 Å². The van der Waals surface area contributed by atoms with Crippen molar-refractivity contribution in [3.63, 3.8) is 0 Å². The van der Waals surface area contributed by atoms with Crippen LogP contribution in [0.25, 0.3) is 16.9 Å². The average molecular weight is 353 g/mol. The summed E-state index contributed by atoms with van der Waals surface area (Å²) in [4.78, 5) is 12.6. The van der Waals surface area contributed by atoms with Crippen molar-refractivity contribution in [3.8, 4) is 16.9 Å². The zero-order valence-corrected chi connectivity index (χ0v) is 14.7. The van der Waals surface area contributed by atoms with Crippen LogP contribution >= 0.6 is 0 Å². The Hall–Kier alpha value is -2.99. The fourth-order valence-electron chi connectivity index (χ4n) is 2.55. The standard InChI is InChI=1S/C20H20FN3O2/c1-14-3-5-15(6-4-14)19-18(20(25)22-11-12-26-2)13-24(23-19)17-9-7-16(21)8-10-17/h3-10,13H,11-12H2,1-2H3,(H,22,25). The Labute approximate surface area is 151 Å². The second kappa shape index (κ2) is 7.93. The van der Waals surface area contributed by atoms with Crippen LogP contribution in [-0.2, 0) is 4.74 Å². The predicted octanol–water partition coefficient (Wildman–Crippen LogP) is 3.36. The van der Waals surface area contributed by atoms with Crippen LogP contribution in [0.4, 0.5) is 4.39 Å². The van der Waals surface area contributed by atoms with Gasteiger partial charge in [0, 0.05) is 25.4 Å². The van der Waals surface area contributed by atoms with Crippen molar-refractivity contribution in [2.45, 2.75) is 6.92 Å². The lowest BCUT2D eigenvalue weighted by molar-refractivity contribution is 0.0937. The van der Waals surface area contributed by atoms with Crippen LogP contribution in [0.3, 0.4) is 0 Å². The molecule has 1 aromatic heterocycles. The van der Waals surface area contributed by atoms with Gasteiger partial charge in [-0.05, 0) is 31.2 Å². The molecular weight excluding hydrogens is 333 g/mol. The average Bonchev–Trinajstić information content (AvgIpc) is 3.08. The first-order chi connectivity index (χ1) is 12.6. The summed E-state index contributed by atoms with van der Waals surface area (Å²) in [5, 5.41) is 7.38. The normalized spacial score (nSPS) is 10.7. The van der Waals surface area contributed by atoms with E-state index in [1.807, 2.05) is 31.2 Å². The van der Waals surface area contributed by atoms with Gasteiger partial charge in [0.25, 0.3) is 5.91 Å². The second-order valence-corrected chi connectivity index (χ2v) is 5.93. The molecule has 134 valence electrons. The molecule has 5 nitrogen and oxygen atoms in total. The van der Waals surface area contributed by atoms with E-state index in [4.69, 9.17) is 4.74 Å². The van der Waals surface area contributed by atoms with Crippen molar-refractivity contribution < 1.29 is 13.9 Å². The number of methoxy groups -OCH3 is 1. The highest BCUT2D eigenvalue weighted by atomic mass is 19.1. The number of ether oxygens (including phenoxy) is 1. The van der Waals surface area contributed by atoms with Crippen molar-refractivity contribution in [3.05, 3.63) is 71.7 Å². The lowest BCUT2D eigenvalue weighted by Gasteiger charge is -2.05. The highest BCUT2D eigenvalue weighted by Gasteiger charge is 2.18. The van der Waals surface area contributed by atoms with Crippen LogP contribution in [-0.4, -0.2) is 35.9 Å². The van der Waals surface area contributed by atoms with E-state index in [1.54, 1.807) is 30.1 Å². The molecule has 0 saturated heterocycles. The van der Waals surface area contributed by atoms with E-state index in [1.165, 1.54) is 12.1 Å². The summed E-state index contributed by atoms with van der Waals surface area (Å²) in [5.41, 5.74) is 3.67. The molecule has 1 N–H and O–H groups in total. The van der Waals surface area contributed by atoms with Gasteiger partial charge < -0.3 is 10.1 Å². The van der Waals surface area contributed by atoms with Crippen molar-refractivity contribution in [2.24, 2.45) is 0 Å². The molecule has 0 aliphatic carbocycles. The Morgan fingerprint density at radius 3 is 2.50 bits per heavy atom. The number of carbonyl (C=O) groups excluding carboxylic acids is 1. The molecule has 3 aromatic rings. The van der Waals surface area contributed by atoms with Gasteiger partial charge in [0.15, 0.2) is 0 Å². The molecule has 0 spiro atoms. The van der Waals surface area contributed by atoms with Gasteiger partial charge in [0.05, 0.1) is 17.9 Å². The highest BCUT2D eigenvalue weighted by molar-refractivity contribution is 5.99. The van der Waals surface area contributed by atoms with Gasteiger partial charge in [0.1, 0.15) is 11.5 Å². The van der Waals surface area contributed by atoms with E-state index in [-0.39, 0.29) is 11.7 Å². The Bertz CT molecular complexity index is 886. The van der Waals surface area contributed by atoms with E-state index >= 15 is 0 Å². The van der Waals surface area contributed by atoms with Crippen LogP contribution in [0.1, 0.15) is 15.9 Å². The fraction of sp³-hybridized carbons (Fsp3) is 0.200. The van der Waals surface area contributed by atoms with E-state index < -0.39 is 0 Å². The molecule has 0 radical (unpaired) electrons. The van der Waals surface area contributed by atoms with Crippen LogP contribution < -0.4 is 5.32 Å². The minimum atomic E-state index is -0.322. The Balaban J connectivity index is 2.00. The topological polar surface area (TPSA) is 56.1 Å². The summed E-state index contributed by atoms with van der Waals surface area (Å²) in [6.45, 7) is 2.83. The third-order valence-corrected chi connectivity index (χ3v) is 3.97. The number of amides is 1. The SMILES string of the molecule is COCCNC(=O)c1cn(-c2ccc(F)cc2)nc1-c1ccc(C)cc1. The fourth-order valence-corrected chi connectivity index (χ4v) is 2.55. The van der Waals surface area contributed by atoms with Crippen molar-refractivity contribution in [1.82, 2.24) is 15.1 Å². The number of halogens is 1. The lowest BCUT2D eigenvalue weighted by atomic mass is 10.1. The van der Waals surface area contributed by atoms with Crippen LogP contribution in [0.5, 0.6) is 0 Å². The van der Waals surface area contributed by atoms with Gasteiger partial charge in [-0.15, -0.1) is 0 Å². The van der Waals surface area contributed by atoms with Gasteiger partial charge in [0.2, 0.25) is 0 Å². The molecule has 1 amide bonds. The number of nitrogens with one attached hydrogen (secondary N) is 1. The summed E-state index contributed by atoms with van der Waals surface area (Å²) in [5.74, 6) is -0.553. The zero-order chi connectivity index (χ0) is 18.5. The quantitative estimate of drug-likeness (QED) is 0.692. The van der Waals surface area contributed by atoms with Gasteiger partial charge in [-0.1, -0.05) is 29.8 Å². The van der Waals surface area contributed by atoms with E-state index in [2.05, 4.69) is 10.4 Å².